The number of hydrogen-bond donors (Lipinski definition) is 2. The number of nitrogens with one attached hydrogen (secondary N) is 1. The summed E-state index contributed by atoms with van der Waals surface area (Å²) in [4.78, 5) is 33.4. The molecule has 1 aromatic heterocycles. The molecule has 0 spiro atoms. The largest absolute Gasteiger partial charge is 0.478 e. The number of carbonyl (C=O) groups is 2. The van der Waals surface area contributed by atoms with E-state index in [-0.39, 0.29) is 11.3 Å². The fourth-order valence-electron chi connectivity index (χ4n) is 0.752. The van der Waals surface area contributed by atoms with Crippen LogP contribution in [0.15, 0.2) is 16.9 Å². The van der Waals surface area contributed by atoms with Crippen molar-refractivity contribution in [2.75, 3.05) is 0 Å². The van der Waals surface area contributed by atoms with Gasteiger partial charge in [0.15, 0.2) is 6.29 Å². The summed E-state index contributed by atoms with van der Waals surface area (Å²) in [6.07, 6.45) is 0.383. The molecule has 2 N–H and O–H groups in total. The van der Waals surface area contributed by atoms with Crippen molar-refractivity contribution in [1.29, 1.82) is 0 Å². The van der Waals surface area contributed by atoms with Gasteiger partial charge in [0.2, 0.25) is 5.56 Å². The zero-order chi connectivity index (χ0) is 9.14. The smallest absolute Gasteiger partial charge is 0.335 e. The molecule has 0 saturated heterocycles. The van der Waals surface area contributed by atoms with Gasteiger partial charge in [-0.2, -0.15) is 0 Å². The Labute approximate surface area is 66.7 Å². The molecule has 0 aliphatic heterocycles. The molecule has 0 aromatic carbocycles. The highest BCUT2D eigenvalue weighted by molar-refractivity contribution is 5.89. The highest BCUT2D eigenvalue weighted by Gasteiger charge is 2.04. The van der Waals surface area contributed by atoms with Crippen molar-refractivity contribution in [3.8, 4) is 0 Å². The summed E-state index contributed by atoms with van der Waals surface area (Å²) in [5, 5.41) is 8.46. The second kappa shape index (κ2) is 3.00. The van der Waals surface area contributed by atoms with Gasteiger partial charge in [0.25, 0.3) is 0 Å². The van der Waals surface area contributed by atoms with Gasteiger partial charge in [-0.1, -0.05) is 0 Å². The van der Waals surface area contributed by atoms with Crippen LogP contribution in [0.3, 0.4) is 0 Å². The lowest BCUT2D eigenvalue weighted by molar-refractivity contribution is 0.0696. The molecule has 0 saturated carbocycles. The third-order valence-corrected chi connectivity index (χ3v) is 1.24. The van der Waals surface area contributed by atoms with E-state index in [2.05, 4.69) is 4.98 Å². The second-order valence-corrected chi connectivity index (χ2v) is 2.11. The van der Waals surface area contributed by atoms with Crippen molar-refractivity contribution < 1.29 is 14.7 Å². The lowest BCUT2D eigenvalue weighted by atomic mass is 10.2. The van der Waals surface area contributed by atoms with E-state index in [0.717, 1.165) is 12.1 Å². The quantitative estimate of drug-likeness (QED) is 0.601. The SMILES string of the molecule is O=Cc1cc(C(=O)O)cc(=O)[nH]1. The van der Waals surface area contributed by atoms with E-state index in [9.17, 15) is 14.4 Å². The van der Waals surface area contributed by atoms with E-state index in [0.29, 0.717) is 6.29 Å². The summed E-state index contributed by atoms with van der Waals surface area (Å²) in [7, 11) is 0. The van der Waals surface area contributed by atoms with Crippen molar-refractivity contribution in [1.82, 2.24) is 4.98 Å². The summed E-state index contributed by atoms with van der Waals surface area (Å²) in [5.41, 5.74) is -0.835. The molecule has 1 aromatic rings. The van der Waals surface area contributed by atoms with Crippen molar-refractivity contribution in [3.05, 3.63) is 33.7 Å². The molecule has 0 amide bonds. The minimum absolute atomic E-state index is 0.0418. The van der Waals surface area contributed by atoms with Crippen LogP contribution in [0.5, 0.6) is 0 Å². The third-order valence-electron chi connectivity index (χ3n) is 1.24. The number of carbonyl (C=O) groups excluding carboxylic acids is 1. The predicted octanol–water partition coefficient (Wildman–Crippen LogP) is -0.114. The number of carboxylic acids is 1. The normalized spacial score (nSPS) is 9.33. The average Bonchev–Trinajstić information content (AvgIpc) is 2.03. The van der Waals surface area contributed by atoms with E-state index in [1.54, 1.807) is 0 Å². The molecule has 0 aliphatic rings. The lowest BCUT2D eigenvalue weighted by Gasteiger charge is -1.93. The fraction of sp³-hybridized carbons (Fsp3) is 0. The molecule has 1 rings (SSSR count). The van der Waals surface area contributed by atoms with E-state index in [4.69, 9.17) is 5.11 Å². The van der Waals surface area contributed by atoms with E-state index >= 15 is 0 Å². The second-order valence-electron chi connectivity index (χ2n) is 2.11. The molecule has 0 aliphatic carbocycles. The summed E-state index contributed by atoms with van der Waals surface area (Å²) in [5.74, 6) is -1.23. The molecule has 0 bridgehead atoms. The van der Waals surface area contributed by atoms with Gasteiger partial charge < -0.3 is 10.1 Å². The molecular weight excluding hydrogens is 162 g/mol. The Morgan fingerprint density at radius 2 is 2.17 bits per heavy atom. The molecule has 0 atom stereocenters. The van der Waals surface area contributed by atoms with Crippen LogP contribution in [-0.4, -0.2) is 22.3 Å². The monoisotopic (exact) mass is 167 g/mol. The first-order chi connectivity index (χ1) is 5.63. The minimum atomic E-state index is -1.23. The summed E-state index contributed by atoms with van der Waals surface area (Å²) >= 11 is 0. The van der Waals surface area contributed by atoms with E-state index in [1.165, 1.54) is 0 Å². The van der Waals surface area contributed by atoms with Crippen molar-refractivity contribution in [2.24, 2.45) is 0 Å². The van der Waals surface area contributed by atoms with Gasteiger partial charge in [-0.3, -0.25) is 9.59 Å². The number of rotatable bonds is 2. The zero-order valence-electron chi connectivity index (χ0n) is 5.90. The van der Waals surface area contributed by atoms with Gasteiger partial charge in [-0.05, 0) is 6.07 Å². The molecule has 0 unspecified atom stereocenters. The third kappa shape index (κ3) is 1.57. The zero-order valence-corrected chi connectivity index (χ0v) is 5.90. The number of aromatic amines is 1. The summed E-state index contributed by atoms with van der Waals surface area (Å²) < 4.78 is 0. The Kier molecular flexibility index (Phi) is 2.05. The molecule has 1 heterocycles. The first-order valence-electron chi connectivity index (χ1n) is 3.06. The Bertz CT molecular complexity index is 379. The molecule has 12 heavy (non-hydrogen) atoms. The van der Waals surface area contributed by atoms with Crippen LogP contribution >= 0.6 is 0 Å². The molecule has 5 nitrogen and oxygen atoms in total. The Balaban J connectivity index is 3.33. The van der Waals surface area contributed by atoms with Crippen LogP contribution < -0.4 is 5.56 Å². The first-order valence-corrected chi connectivity index (χ1v) is 3.06. The van der Waals surface area contributed by atoms with Gasteiger partial charge in [0.05, 0.1) is 11.3 Å². The van der Waals surface area contributed by atoms with Crippen molar-refractivity contribution in [3.63, 3.8) is 0 Å². The van der Waals surface area contributed by atoms with E-state index in [1.807, 2.05) is 0 Å². The number of aromatic carboxylic acids is 1. The van der Waals surface area contributed by atoms with Crippen LogP contribution in [-0.2, 0) is 0 Å². The highest BCUT2D eigenvalue weighted by Crippen LogP contribution is 1.95. The maximum absolute atomic E-state index is 10.7. The fourth-order valence-corrected chi connectivity index (χ4v) is 0.752. The van der Waals surface area contributed by atoms with Crippen LogP contribution in [0.2, 0.25) is 0 Å². The van der Waals surface area contributed by atoms with Gasteiger partial charge in [0, 0.05) is 6.07 Å². The maximum atomic E-state index is 10.7. The highest BCUT2D eigenvalue weighted by atomic mass is 16.4. The maximum Gasteiger partial charge on any atom is 0.335 e. The average molecular weight is 167 g/mol. The molecular formula is C7H5NO4. The van der Waals surface area contributed by atoms with Gasteiger partial charge in [-0.25, -0.2) is 4.79 Å². The lowest BCUT2D eigenvalue weighted by Crippen LogP contribution is -2.11. The number of aromatic nitrogens is 1. The number of H-pyrrole nitrogens is 1. The topological polar surface area (TPSA) is 87.2 Å². The number of aldehydes is 1. The number of carboxylic acid groups (broad SMARTS) is 1. The van der Waals surface area contributed by atoms with Crippen molar-refractivity contribution in [2.45, 2.75) is 0 Å². The summed E-state index contributed by atoms with van der Waals surface area (Å²) in [6.45, 7) is 0. The van der Waals surface area contributed by atoms with Gasteiger partial charge in [-0.15, -0.1) is 0 Å². The molecule has 5 heteroatoms. The van der Waals surface area contributed by atoms with Crippen LogP contribution in [0.4, 0.5) is 0 Å². The van der Waals surface area contributed by atoms with Crippen LogP contribution in [0, 0.1) is 0 Å². The Morgan fingerprint density at radius 1 is 1.50 bits per heavy atom. The molecule has 0 fully saturated rings. The number of pyridine rings is 1. The van der Waals surface area contributed by atoms with Crippen LogP contribution in [0.25, 0.3) is 0 Å². The van der Waals surface area contributed by atoms with Crippen LogP contribution in [0.1, 0.15) is 20.8 Å². The predicted molar refractivity (Wildman–Crippen MR) is 39.4 cm³/mol. The number of hydrogen-bond acceptors (Lipinski definition) is 3. The Hall–Kier alpha value is -1.91. The molecule has 62 valence electrons. The van der Waals surface area contributed by atoms with E-state index < -0.39 is 11.5 Å². The summed E-state index contributed by atoms with van der Waals surface area (Å²) in [6, 6.07) is 2.01. The van der Waals surface area contributed by atoms with Gasteiger partial charge in [0.1, 0.15) is 0 Å². The first kappa shape index (κ1) is 8.19. The van der Waals surface area contributed by atoms with Crippen molar-refractivity contribution >= 4 is 12.3 Å². The minimum Gasteiger partial charge on any atom is -0.478 e. The Morgan fingerprint density at radius 3 is 2.67 bits per heavy atom. The molecule has 0 radical (unpaired) electrons. The van der Waals surface area contributed by atoms with Gasteiger partial charge >= 0.3 is 5.97 Å². The standard InChI is InChI=1S/C7H5NO4/c9-3-5-1-4(7(11)12)2-6(10)8-5/h1-3H,(H,8,10)(H,11,12).